The van der Waals surface area contributed by atoms with Crippen LogP contribution in [0.15, 0.2) is 17.5 Å². The average Bonchev–Trinajstić information content (AvgIpc) is 2.92. The summed E-state index contributed by atoms with van der Waals surface area (Å²) in [4.78, 5) is 37.7. The van der Waals surface area contributed by atoms with Crippen LogP contribution in [0.4, 0.5) is 0 Å². The first-order valence-electron chi connectivity index (χ1n) is 6.54. The molecule has 2 N–H and O–H groups in total. The van der Waals surface area contributed by atoms with E-state index in [1.165, 1.54) is 18.3 Å². The van der Waals surface area contributed by atoms with Gasteiger partial charge in [-0.05, 0) is 18.4 Å². The number of imide groups is 1. The summed E-state index contributed by atoms with van der Waals surface area (Å²) in [5.41, 5.74) is 5.48. The molecule has 0 saturated carbocycles. The van der Waals surface area contributed by atoms with Crippen molar-refractivity contribution in [3.05, 3.63) is 22.4 Å². The van der Waals surface area contributed by atoms with E-state index in [9.17, 15) is 27.4 Å². The Morgan fingerprint density at radius 2 is 2.17 bits per heavy atom. The molecule has 24 heavy (non-hydrogen) atoms. The van der Waals surface area contributed by atoms with E-state index >= 15 is 0 Å². The molecule has 0 aliphatic carbocycles. The van der Waals surface area contributed by atoms with E-state index in [4.69, 9.17) is 5.73 Å². The van der Waals surface area contributed by atoms with Crippen molar-refractivity contribution in [3.8, 4) is 0 Å². The van der Waals surface area contributed by atoms with Gasteiger partial charge in [-0.2, -0.15) is 0 Å². The molecular weight excluding hydrogens is 369 g/mol. The fourth-order valence-corrected chi connectivity index (χ4v) is 3.45. The molecule has 0 spiro atoms. The van der Waals surface area contributed by atoms with Gasteiger partial charge in [0.15, 0.2) is 10.3 Å². The molecule has 2 rings (SSSR count). The van der Waals surface area contributed by atoms with Gasteiger partial charge >= 0.3 is 29.6 Å². The Bertz CT molecular complexity index is 734. The molecule has 1 unspecified atom stereocenters. The second-order valence-electron chi connectivity index (χ2n) is 4.99. The SMILES string of the molecule is C[C@H](N)C(=O)N(C(=O)Cc1cccs1)C1CN(S(=O)(=O)[O-])C1=O.[Na+]. The second-order valence-corrected chi connectivity index (χ2v) is 7.32. The van der Waals surface area contributed by atoms with Crippen LogP contribution in [0.3, 0.4) is 0 Å². The number of carbonyl (C=O) groups excluding carboxylic acids is 3. The fraction of sp³-hybridized carbons (Fsp3) is 0.417. The summed E-state index contributed by atoms with van der Waals surface area (Å²) in [5.74, 6) is -2.57. The van der Waals surface area contributed by atoms with E-state index < -0.39 is 46.7 Å². The van der Waals surface area contributed by atoms with Gasteiger partial charge in [0.1, 0.15) is 6.04 Å². The number of nitrogens with zero attached hydrogens (tertiary/aromatic N) is 2. The predicted molar refractivity (Wildman–Crippen MR) is 78.7 cm³/mol. The van der Waals surface area contributed by atoms with Crippen LogP contribution < -0.4 is 35.3 Å². The van der Waals surface area contributed by atoms with Crippen molar-refractivity contribution in [1.29, 1.82) is 0 Å². The Hall–Kier alpha value is -0.820. The minimum atomic E-state index is -4.95. The Morgan fingerprint density at radius 3 is 2.58 bits per heavy atom. The van der Waals surface area contributed by atoms with Gasteiger partial charge in [-0.3, -0.25) is 19.3 Å². The third-order valence-electron chi connectivity index (χ3n) is 3.25. The summed E-state index contributed by atoms with van der Waals surface area (Å²) >= 11 is 1.30. The summed E-state index contributed by atoms with van der Waals surface area (Å²) in [6.45, 7) is 0.804. The second kappa shape index (κ2) is 8.04. The largest absolute Gasteiger partial charge is 1.00 e. The minimum Gasteiger partial charge on any atom is -0.731 e. The summed E-state index contributed by atoms with van der Waals surface area (Å²) in [5, 5.41) is 1.75. The van der Waals surface area contributed by atoms with Crippen LogP contribution in [0, 0.1) is 0 Å². The molecule has 12 heteroatoms. The van der Waals surface area contributed by atoms with E-state index in [0.29, 0.717) is 9.78 Å². The van der Waals surface area contributed by atoms with Crippen LogP contribution in [0.1, 0.15) is 11.8 Å². The minimum absolute atomic E-state index is 0. The van der Waals surface area contributed by atoms with E-state index in [1.807, 2.05) is 0 Å². The molecule has 0 radical (unpaired) electrons. The number of nitrogens with two attached hydrogens (primary N) is 1. The molecule has 9 nitrogen and oxygen atoms in total. The molecule has 1 aromatic rings. The maximum atomic E-state index is 12.4. The van der Waals surface area contributed by atoms with Gasteiger partial charge in [-0.1, -0.05) is 6.07 Å². The molecule has 1 aromatic heterocycles. The number of carbonyl (C=O) groups is 3. The van der Waals surface area contributed by atoms with Gasteiger partial charge in [0, 0.05) is 4.88 Å². The third-order valence-corrected chi connectivity index (χ3v) is 5.00. The average molecular weight is 383 g/mol. The molecule has 1 aliphatic rings. The first-order chi connectivity index (χ1) is 10.6. The van der Waals surface area contributed by atoms with Gasteiger partial charge in [0.25, 0.3) is 5.91 Å². The van der Waals surface area contributed by atoms with Crippen LogP contribution >= 0.6 is 11.3 Å². The van der Waals surface area contributed by atoms with Crippen molar-refractivity contribution in [3.63, 3.8) is 0 Å². The van der Waals surface area contributed by atoms with Gasteiger partial charge in [0.05, 0.1) is 19.0 Å². The quantitative estimate of drug-likeness (QED) is 0.308. The maximum Gasteiger partial charge on any atom is 1.00 e. The van der Waals surface area contributed by atoms with Gasteiger partial charge in [0.2, 0.25) is 11.8 Å². The Balaban J connectivity index is 0.00000288. The standard InChI is InChI=1S/C12H15N3O6S2.Na/c1-7(13)11(17)15(10(16)5-8-3-2-4-22-8)9-6-14(12(9)18)23(19,20)21;/h2-4,7,9H,5-6,13H2,1H3,(H,19,20,21);/q;+1/p-1/t7-,9?;/m0./s1. The molecular formula is C12H14N3NaO6S2. The van der Waals surface area contributed by atoms with Crippen molar-refractivity contribution in [2.24, 2.45) is 5.73 Å². The molecule has 2 atom stereocenters. The Labute approximate surface area is 165 Å². The monoisotopic (exact) mass is 383 g/mol. The van der Waals surface area contributed by atoms with Crippen LogP contribution in [0.2, 0.25) is 0 Å². The van der Waals surface area contributed by atoms with Crippen LogP contribution in [-0.4, -0.2) is 58.5 Å². The van der Waals surface area contributed by atoms with E-state index in [0.717, 1.165) is 0 Å². The van der Waals surface area contributed by atoms with Crippen LogP contribution in [0.25, 0.3) is 0 Å². The first-order valence-corrected chi connectivity index (χ1v) is 8.78. The zero-order valence-corrected chi connectivity index (χ0v) is 16.7. The Kier molecular flexibility index (Phi) is 7.11. The number of amides is 3. The normalized spacial score (nSPS) is 18.4. The van der Waals surface area contributed by atoms with Gasteiger partial charge in [-0.25, -0.2) is 12.7 Å². The molecule has 1 saturated heterocycles. The fourth-order valence-electron chi connectivity index (χ4n) is 2.09. The Morgan fingerprint density at radius 1 is 1.54 bits per heavy atom. The summed E-state index contributed by atoms with van der Waals surface area (Å²) in [6, 6.07) is 1.05. The summed E-state index contributed by atoms with van der Waals surface area (Å²) in [7, 11) is -4.95. The van der Waals surface area contributed by atoms with Crippen LogP contribution in [0.5, 0.6) is 0 Å². The van der Waals surface area contributed by atoms with Gasteiger partial charge in [-0.15, -0.1) is 11.3 Å². The van der Waals surface area contributed by atoms with Crippen molar-refractivity contribution in [1.82, 2.24) is 9.21 Å². The topological polar surface area (TPSA) is 141 Å². The van der Waals surface area contributed by atoms with Crippen molar-refractivity contribution in [2.75, 3.05) is 6.54 Å². The van der Waals surface area contributed by atoms with Crippen molar-refractivity contribution < 1.29 is 56.9 Å². The molecule has 0 bridgehead atoms. The number of rotatable bonds is 5. The number of hydrogen-bond acceptors (Lipinski definition) is 8. The maximum absolute atomic E-state index is 12.4. The molecule has 3 amide bonds. The number of thiophene rings is 1. The zero-order valence-electron chi connectivity index (χ0n) is 13.0. The zero-order chi connectivity index (χ0) is 17.4. The molecule has 1 aliphatic heterocycles. The third kappa shape index (κ3) is 4.42. The number of hydrogen-bond donors (Lipinski definition) is 1. The smallest absolute Gasteiger partial charge is 0.731 e. The molecule has 126 valence electrons. The van der Waals surface area contributed by atoms with Crippen molar-refractivity contribution >= 4 is 39.4 Å². The van der Waals surface area contributed by atoms with E-state index in [2.05, 4.69) is 0 Å². The molecule has 1 fully saturated rings. The predicted octanol–water partition coefficient (Wildman–Crippen LogP) is -4.33. The summed E-state index contributed by atoms with van der Waals surface area (Å²) < 4.78 is 32.7. The summed E-state index contributed by atoms with van der Waals surface area (Å²) in [6.07, 6.45) is -0.121. The molecule has 2 heterocycles. The van der Waals surface area contributed by atoms with Gasteiger partial charge < -0.3 is 10.3 Å². The number of β-lactam (4-membered cyclic amide) rings is 1. The molecule has 0 aromatic carbocycles. The van der Waals surface area contributed by atoms with E-state index in [-0.39, 0.29) is 40.3 Å². The van der Waals surface area contributed by atoms with E-state index in [1.54, 1.807) is 17.5 Å². The first kappa shape index (κ1) is 21.2. The van der Waals surface area contributed by atoms with Crippen molar-refractivity contribution in [2.45, 2.75) is 25.4 Å². The van der Waals surface area contributed by atoms with Crippen LogP contribution in [-0.2, 0) is 31.1 Å².